The molecule has 0 aliphatic heterocycles. The minimum Gasteiger partial charge on any atom is -0.504 e. The van der Waals surface area contributed by atoms with E-state index in [-0.39, 0.29) is 23.9 Å². The zero-order valence-corrected chi connectivity index (χ0v) is 10.9. The van der Waals surface area contributed by atoms with Crippen LogP contribution in [0.4, 0.5) is 0 Å². The molecular weight excluding hydrogens is 260 g/mol. The summed E-state index contributed by atoms with van der Waals surface area (Å²) in [5.41, 5.74) is 1.46. The highest BCUT2D eigenvalue weighted by molar-refractivity contribution is 5.76. The van der Waals surface area contributed by atoms with Gasteiger partial charge in [-0.25, -0.2) is 0 Å². The lowest BCUT2D eigenvalue weighted by Gasteiger charge is -2.01. The molecule has 0 saturated heterocycles. The van der Waals surface area contributed by atoms with Gasteiger partial charge in [0.1, 0.15) is 0 Å². The Kier molecular flexibility index (Phi) is 4.10. The van der Waals surface area contributed by atoms with E-state index in [9.17, 15) is 15.3 Å². The van der Waals surface area contributed by atoms with Crippen molar-refractivity contribution in [3.05, 3.63) is 47.5 Å². The van der Waals surface area contributed by atoms with Crippen LogP contribution >= 0.6 is 0 Å². The SMILES string of the molecule is COc1cc(C=[O+]Cc2ccc(O)c(O)c2)ccc1O. The second-order valence-corrected chi connectivity index (χ2v) is 4.18. The maximum absolute atomic E-state index is 9.46. The predicted molar refractivity (Wildman–Crippen MR) is 73.5 cm³/mol. The van der Waals surface area contributed by atoms with Crippen molar-refractivity contribution in [3.63, 3.8) is 0 Å². The molecule has 0 aliphatic carbocycles. The highest BCUT2D eigenvalue weighted by Crippen LogP contribution is 2.26. The molecule has 0 amide bonds. The van der Waals surface area contributed by atoms with Crippen LogP contribution in [-0.2, 0) is 6.61 Å². The third-order valence-corrected chi connectivity index (χ3v) is 2.71. The van der Waals surface area contributed by atoms with Crippen molar-refractivity contribution in [3.8, 4) is 23.0 Å². The Balaban J connectivity index is 2.08. The highest BCUT2D eigenvalue weighted by atomic mass is 16.5. The number of phenols is 3. The monoisotopic (exact) mass is 275 g/mol. The fourth-order valence-electron chi connectivity index (χ4n) is 1.66. The lowest BCUT2D eigenvalue weighted by Crippen LogP contribution is -1.88. The molecule has 5 heteroatoms. The first-order valence-electron chi connectivity index (χ1n) is 5.93. The van der Waals surface area contributed by atoms with Gasteiger partial charge >= 0.3 is 6.29 Å². The van der Waals surface area contributed by atoms with Crippen molar-refractivity contribution in [2.45, 2.75) is 6.61 Å². The fraction of sp³-hybridized carbons (Fsp3) is 0.133. The van der Waals surface area contributed by atoms with Crippen LogP contribution in [0.15, 0.2) is 36.4 Å². The normalized spacial score (nSPS) is 10.8. The van der Waals surface area contributed by atoms with Crippen LogP contribution in [0.5, 0.6) is 23.0 Å². The second-order valence-electron chi connectivity index (χ2n) is 4.18. The number of carbonyl (C=O) groups excluding carboxylic acids is 1. The van der Waals surface area contributed by atoms with E-state index in [2.05, 4.69) is 0 Å². The molecule has 0 atom stereocenters. The van der Waals surface area contributed by atoms with E-state index in [1.807, 2.05) is 0 Å². The van der Waals surface area contributed by atoms with Gasteiger partial charge in [0.25, 0.3) is 6.61 Å². The van der Waals surface area contributed by atoms with Crippen LogP contribution in [-0.4, -0.2) is 28.7 Å². The van der Waals surface area contributed by atoms with Crippen molar-refractivity contribution in [2.75, 3.05) is 7.11 Å². The summed E-state index contributed by atoms with van der Waals surface area (Å²) in [4.78, 5) is 0. The molecule has 0 saturated carbocycles. The van der Waals surface area contributed by atoms with E-state index >= 15 is 0 Å². The second kappa shape index (κ2) is 5.97. The topological polar surface area (TPSA) is 81.2 Å². The van der Waals surface area contributed by atoms with Gasteiger partial charge in [0.15, 0.2) is 23.0 Å². The van der Waals surface area contributed by atoms with E-state index in [1.54, 1.807) is 18.2 Å². The Morgan fingerprint density at radius 2 is 1.75 bits per heavy atom. The molecule has 0 bridgehead atoms. The molecule has 5 nitrogen and oxygen atoms in total. The van der Waals surface area contributed by atoms with Crippen molar-refractivity contribution in [1.29, 1.82) is 0 Å². The van der Waals surface area contributed by atoms with Crippen molar-refractivity contribution >= 4 is 6.29 Å². The Morgan fingerprint density at radius 3 is 2.45 bits per heavy atom. The molecule has 2 aromatic carbocycles. The minimum atomic E-state index is -0.183. The van der Waals surface area contributed by atoms with Crippen molar-refractivity contribution in [2.24, 2.45) is 0 Å². The molecule has 0 fully saturated rings. The summed E-state index contributed by atoms with van der Waals surface area (Å²) in [5, 5.41) is 28.0. The summed E-state index contributed by atoms with van der Waals surface area (Å²) in [7, 11) is 1.47. The quantitative estimate of drug-likeness (QED) is 0.454. The third-order valence-electron chi connectivity index (χ3n) is 2.71. The maximum Gasteiger partial charge on any atom is 0.316 e. The number of aromatic hydroxyl groups is 3. The van der Waals surface area contributed by atoms with Crippen LogP contribution in [0, 0.1) is 0 Å². The summed E-state index contributed by atoms with van der Waals surface area (Å²) in [6.07, 6.45) is 1.52. The summed E-state index contributed by atoms with van der Waals surface area (Å²) in [6, 6.07) is 9.33. The summed E-state index contributed by atoms with van der Waals surface area (Å²) >= 11 is 0. The van der Waals surface area contributed by atoms with Crippen LogP contribution in [0.25, 0.3) is 0 Å². The van der Waals surface area contributed by atoms with Crippen LogP contribution in [0.2, 0.25) is 0 Å². The van der Waals surface area contributed by atoms with E-state index in [4.69, 9.17) is 9.16 Å². The van der Waals surface area contributed by atoms with Crippen LogP contribution < -0.4 is 4.74 Å². The lowest BCUT2D eigenvalue weighted by atomic mass is 10.2. The van der Waals surface area contributed by atoms with E-state index in [1.165, 1.54) is 31.6 Å². The number of phenolic OH excluding ortho intramolecular Hbond substituents is 3. The third kappa shape index (κ3) is 3.20. The maximum atomic E-state index is 9.46. The fourth-order valence-corrected chi connectivity index (χ4v) is 1.66. The van der Waals surface area contributed by atoms with Crippen molar-refractivity contribution in [1.82, 2.24) is 0 Å². The largest absolute Gasteiger partial charge is 0.504 e. The average molecular weight is 275 g/mol. The summed E-state index contributed by atoms with van der Waals surface area (Å²) in [5.74, 6) is 0.0798. The Hall–Kier alpha value is -2.69. The van der Waals surface area contributed by atoms with Gasteiger partial charge in [0, 0.05) is 0 Å². The molecule has 0 heterocycles. The number of aldehydes is 1. The van der Waals surface area contributed by atoms with Gasteiger partial charge in [0.2, 0.25) is 0 Å². The molecule has 104 valence electrons. The highest BCUT2D eigenvalue weighted by Gasteiger charge is 2.06. The minimum absolute atomic E-state index is 0.0631. The molecule has 0 unspecified atom stereocenters. The van der Waals surface area contributed by atoms with E-state index in [0.717, 1.165) is 11.1 Å². The first-order valence-corrected chi connectivity index (χ1v) is 5.93. The van der Waals surface area contributed by atoms with Gasteiger partial charge < -0.3 is 20.1 Å². The summed E-state index contributed by atoms with van der Waals surface area (Å²) in [6.45, 7) is 0.247. The molecule has 0 aliphatic rings. The van der Waals surface area contributed by atoms with Crippen LogP contribution in [0.1, 0.15) is 15.6 Å². The molecule has 3 N–H and O–H groups in total. The van der Waals surface area contributed by atoms with E-state index < -0.39 is 0 Å². The standard InChI is InChI=1S/C15H14O5/c1-19-15-7-11(3-5-13(15)17)9-20-8-10-2-4-12(16)14(18)6-10/h2-7,9H,8H2,1H3,(H2-,16,17,18)/p+1. The number of methoxy groups -OCH3 is 1. The zero-order chi connectivity index (χ0) is 14.5. The molecule has 2 aromatic rings. The van der Waals surface area contributed by atoms with Gasteiger partial charge in [-0.05, 0) is 36.4 Å². The Labute approximate surface area is 116 Å². The zero-order valence-electron chi connectivity index (χ0n) is 10.9. The lowest BCUT2D eigenvalue weighted by molar-refractivity contribution is -0.282. The Bertz CT molecular complexity index is 634. The Morgan fingerprint density at radius 1 is 1.00 bits per heavy atom. The molecule has 0 aromatic heterocycles. The smallest absolute Gasteiger partial charge is 0.316 e. The van der Waals surface area contributed by atoms with E-state index in [0.29, 0.717) is 5.75 Å². The van der Waals surface area contributed by atoms with Gasteiger partial charge in [0.05, 0.1) is 18.2 Å². The number of benzene rings is 2. The number of rotatable bonds is 4. The predicted octanol–water partition coefficient (Wildman–Crippen LogP) is 2.36. The molecule has 0 spiro atoms. The molecule has 0 radical (unpaired) electrons. The van der Waals surface area contributed by atoms with Gasteiger partial charge in [-0.3, -0.25) is 4.42 Å². The number of hydrogen-bond acceptors (Lipinski definition) is 4. The average Bonchev–Trinajstić information content (AvgIpc) is 2.44. The molecule has 20 heavy (non-hydrogen) atoms. The number of hydrogen-bond donors (Lipinski definition) is 3. The van der Waals surface area contributed by atoms with Gasteiger partial charge in [-0.2, -0.15) is 0 Å². The molecule has 2 rings (SSSR count). The first kappa shape index (κ1) is 13.7. The van der Waals surface area contributed by atoms with Crippen LogP contribution in [0.3, 0.4) is 0 Å². The summed E-state index contributed by atoms with van der Waals surface area (Å²) < 4.78 is 10.4. The molecular formula is C15H15O5+. The van der Waals surface area contributed by atoms with Gasteiger partial charge in [-0.15, -0.1) is 0 Å². The van der Waals surface area contributed by atoms with Gasteiger partial charge in [-0.1, -0.05) is 0 Å². The number of ether oxygens (including phenoxy) is 1. The first-order chi connectivity index (χ1) is 9.60. The van der Waals surface area contributed by atoms with Crippen molar-refractivity contribution < 1.29 is 24.5 Å².